The number of carbonyl (C=O) groups is 2. The van der Waals surface area contributed by atoms with Gasteiger partial charge >= 0.3 is 12.0 Å². The lowest BCUT2D eigenvalue weighted by atomic mass is 10.2. The van der Waals surface area contributed by atoms with E-state index in [0.29, 0.717) is 13.1 Å². The zero-order valence-electron chi connectivity index (χ0n) is 9.73. The molecule has 0 saturated carbocycles. The SMILES string of the molecule is CC(O)C(NC(=O)NCCN(C)C)C(=O)O. The van der Waals surface area contributed by atoms with Crippen LogP contribution in [-0.4, -0.2) is 66.4 Å². The molecule has 0 aliphatic heterocycles. The molecule has 0 aromatic carbocycles. The molecule has 0 bridgehead atoms. The monoisotopic (exact) mass is 233 g/mol. The van der Waals surface area contributed by atoms with Gasteiger partial charge in [-0.25, -0.2) is 9.59 Å². The maximum atomic E-state index is 11.2. The maximum Gasteiger partial charge on any atom is 0.328 e. The highest BCUT2D eigenvalue weighted by atomic mass is 16.4. The molecular formula is C9H19N3O4. The lowest BCUT2D eigenvalue weighted by molar-refractivity contribution is -0.141. The van der Waals surface area contributed by atoms with Crippen LogP contribution in [0.15, 0.2) is 0 Å². The molecule has 4 N–H and O–H groups in total. The molecule has 0 heterocycles. The second-order valence-electron chi connectivity index (χ2n) is 3.76. The summed E-state index contributed by atoms with van der Waals surface area (Å²) in [6.07, 6.45) is -1.14. The Morgan fingerprint density at radius 2 is 1.94 bits per heavy atom. The Kier molecular flexibility index (Phi) is 6.43. The molecule has 7 heteroatoms. The van der Waals surface area contributed by atoms with Crippen molar-refractivity contribution in [2.24, 2.45) is 0 Å². The van der Waals surface area contributed by atoms with E-state index in [0.717, 1.165) is 0 Å². The largest absolute Gasteiger partial charge is 0.480 e. The first-order valence-corrected chi connectivity index (χ1v) is 4.94. The highest BCUT2D eigenvalue weighted by Gasteiger charge is 2.24. The van der Waals surface area contributed by atoms with Gasteiger partial charge in [0.1, 0.15) is 0 Å². The predicted octanol–water partition coefficient (Wildman–Crippen LogP) is -1.32. The van der Waals surface area contributed by atoms with Crippen LogP contribution in [0.4, 0.5) is 4.79 Å². The molecule has 0 aliphatic carbocycles. The minimum atomic E-state index is -1.29. The molecule has 0 spiro atoms. The standard InChI is InChI=1S/C9H19N3O4/c1-6(13)7(8(14)15)11-9(16)10-4-5-12(2)3/h6-7,13H,4-5H2,1-3H3,(H,14,15)(H2,10,11,16). The number of carbonyl (C=O) groups excluding carboxylic acids is 1. The summed E-state index contributed by atoms with van der Waals surface area (Å²) < 4.78 is 0. The fraction of sp³-hybridized carbons (Fsp3) is 0.778. The van der Waals surface area contributed by atoms with Crippen molar-refractivity contribution < 1.29 is 19.8 Å². The fourth-order valence-corrected chi connectivity index (χ4v) is 0.974. The van der Waals surface area contributed by atoms with E-state index in [1.165, 1.54) is 6.92 Å². The average molecular weight is 233 g/mol. The van der Waals surface area contributed by atoms with Crippen LogP contribution in [0.3, 0.4) is 0 Å². The molecule has 0 aliphatic rings. The number of likely N-dealkylation sites (N-methyl/N-ethyl adjacent to an activating group) is 1. The van der Waals surface area contributed by atoms with E-state index in [-0.39, 0.29) is 0 Å². The number of amides is 2. The van der Waals surface area contributed by atoms with Crippen molar-refractivity contribution in [3.8, 4) is 0 Å². The number of hydrogen-bond donors (Lipinski definition) is 4. The van der Waals surface area contributed by atoms with Gasteiger partial charge in [-0.2, -0.15) is 0 Å². The highest BCUT2D eigenvalue weighted by Crippen LogP contribution is 1.92. The van der Waals surface area contributed by atoms with Crippen molar-refractivity contribution in [2.75, 3.05) is 27.2 Å². The number of rotatable bonds is 6. The van der Waals surface area contributed by atoms with E-state index in [1.807, 2.05) is 19.0 Å². The van der Waals surface area contributed by atoms with E-state index >= 15 is 0 Å². The van der Waals surface area contributed by atoms with Crippen molar-refractivity contribution in [2.45, 2.75) is 19.1 Å². The van der Waals surface area contributed by atoms with Crippen LogP contribution in [0.5, 0.6) is 0 Å². The van der Waals surface area contributed by atoms with Crippen molar-refractivity contribution >= 4 is 12.0 Å². The van der Waals surface area contributed by atoms with Crippen LogP contribution < -0.4 is 10.6 Å². The van der Waals surface area contributed by atoms with E-state index in [2.05, 4.69) is 10.6 Å². The van der Waals surface area contributed by atoms with Gasteiger partial charge in [-0.05, 0) is 21.0 Å². The Labute approximate surface area is 94.4 Å². The first kappa shape index (κ1) is 14.7. The van der Waals surface area contributed by atoms with Gasteiger partial charge in [0.15, 0.2) is 6.04 Å². The molecule has 2 atom stereocenters. The summed E-state index contributed by atoms with van der Waals surface area (Å²) >= 11 is 0. The van der Waals surface area contributed by atoms with Gasteiger partial charge in [0.25, 0.3) is 0 Å². The zero-order chi connectivity index (χ0) is 12.7. The van der Waals surface area contributed by atoms with Gasteiger partial charge in [0, 0.05) is 13.1 Å². The molecule has 0 aromatic rings. The normalized spacial score (nSPS) is 14.3. The summed E-state index contributed by atoms with van der Waals surface area (Å²) in [4.78, 5) is 23.8. The number of aliphatic hydroxyl groups excluding tert-OH is 1. The predicted molar refractivity (Wildman–Crippen MR) is 58.2 cm³/mol. The topological polar surface area (TPSA) is 102 Å². The summed E-state index contributed by atoms with van der Waals surface area (Å²) in [6.45, 7) is 2.36. The quantitative estimate of drug-likeness (QED) is 0.456. The number of aliphatic hydroxyl groups is 1. The van der Waals surface area contributed by atoms with Crippen LogP contribution in [0.25, 0.3) is 0 Å². The number of carboxylic acids is 1. The van der Waals surface area contributed by atoms with Crippen LogP contribution in [0.1, 0.15) is 6.92 Å². The third kappa shape index (κ3) is 6.20. The van der Waals surface area contributed by atoms with Crippen LogP contribution in [-0.2, 0) is 4.79 Å². The number of nitrogens with one attached hydrogen (secondary N) is 2. The molecule has 2 amide bonds. The first-order valence-electron chi connectivity index (χ1n) is 4.94. The fourth-order valence-electron chi connectivity index (χ4n) is 0.974. The number of urea groups is 1. The molecule has 94 valence electrons. The smallest absolute Gasteiger partial charge is 0.328 e. The zero-order valence-corrected chi connectivity index (χ0v) is 9.73. The molecular weight excluding hydrogens is 214 g/mol. The Balaban J connectivity index is 3.97. The molecule has 2 unspecified atom stereocenters. The molecule has 0 saturated heterocycles. The highest BCUT2D eigenvalue weighted by molar-refractivity contribution is 5.82. The molecule has 0 aromatic heterocycles. The van der Waals surface area contributed by atoms with Crippen molar-refractivity contribution in [1.82, 2.24) is 15.5 Å². The van der Waals surface area contributed by atoms with Crippen molar-refractivity contribution in [3.63, 3.8) is 0 Å². The van der Waals surface area contributed by atoms with Crippen LogP contribution >= 0.6 is 0 Å². The number of carboxylic acid groups (broad SMARTS) is 1. The van der Waals surface area contributed by atoms with Crippen molar-refractivity contribution in [1.29, 1.82) is 0 Å². The lowest BCUT2D eigenvalue weighted by Crippen LogP contribution is -2.51. The molecule has 0 radical (unpaired) electrons. The number of aliphatic carboxylic acids is 1. The Morgan fingerprint density at radius 3 is 2.31 bits per heavy atom. The first-order chi connectivity index (χ1) is 7.34. The number of nitrogens with zero attached hydrogens (tertiary/aromatic N) is 1. The molecule has 7 nitrogen and oxygen atoms in total. The maximum absolute atomic E-state index is 11.2. The Morgan fingerprint density at radius 1 is 1.38 bits per heavy atom. The summed E-state index contributed by atoms with van der Waals surface area (Å²) in [7, 11) is 3.71. The summed E-state index contributed by atoms with van der Waals surface area (Å²) in [5, 5.41) is 22.5. The lowest BCUT2D eigenvalue weighted by Gasteiger charge is -2.18. The van der Waals surface area contributed by atoms with E-state index in [1.54, 1.807) is 0 Å². The third-order valence-corrected chi connectivity index (χ3v) is 1.88. The third-order valence-electron chi connectivity index (χ3n) is 1.88. The second kappa shape index (κ2) is 7.02. The van der Waals surface area contributed by atoms with E-state index in [9.17, 15) is 9.59 Å². The van der Waals surface area contributed by atoms with Gasteiger partial charge in [-0.1, -0.05) is 0 Å². The van der Waals surface area contributed by atoms with Gasteiger partial charge in [-0.15, -0.1) is 0 Å². The van der Waals surface area contributed by atoms with Crippen LogP contribution in [0.2, 0.25) is 0 Å². The minimum Gasteiger partial charge on any atom is -0.480 e. The second-order valence-corrected chi connectivity index (χ2v) is 3.76. The average Bonchev–Trinajstić information content (AvgIpc) is 2.12. The van der Waals surface area contributed by atoms with E-state index in [4.69, 9.17) is 10.2 Å². The van der Waals surface area contributed by atoms with Gasteiger partial charge < -0.3 is 25.7 Å². The van der Waals surface area contributed by atoms with Gasteiger partial charge in [0.05, 0.1) is 6.10 Å². The van der Waals surface area contributed by atoms with Gasteiger partial charge in [-0.3, -0.25) is 0 Å². The molecule has 0 rings (SSSR count). The Hall–Kier alpha value is -1.34. The Bertz CT molecular complexity index is 243. The van der Waals surface area contributed by atoms with Gasteiger partial charge in [0.2, 0.25) is 0 Å². The minimum absolute atomic E-state index is 0.408. The van der Waals surface area contributed by atoms with Crippen molar-refractivity contribution in [3.05, 3.63) is 0 Å². The summed E-state index contributed by atoms with van der Waals surface area (Å²) in [5.41, 5.74) is 0. The molecule has 16 heavy (non-hydrogen) atoms. The molecule has 0 fully saturated rings. The van der Waals surface area contributed by atoms with Crippen LogP contribution in [0, 0.1) is 0 Å². The summed E-state index contributed by atoms with van der Waals surface area (Å²) in [5.74, 6) is -1.27. The van der Waals surface area contributed by atoms with E-state index < -0.39 is 24.1 Å². The summed E-state index contributed by atoms with van der Waals surface area (Å²) in [6, 6.07) is -1.89. The number of hydrogen-bond acceptors (Lipinski definition) is 4.